The Morgan fingerprint density at radius 3 is 2.67 bits per heavy atom. The van der Waals surface area contributed by atoms with Gasteiger partial charge in [-0.2, -0.15) is 5.10 Å². The van der Waals surface area contributed by atoms with Gasteiger partial charge in [-0.25, -0.2) is 4.79 Å². The van der Waals surface area contributed by atoms with Gasteiger partial charge in [0, 0.05) is 24.6 Å². The second-order valence-electron chi connectivity index (χ2n) is 5.73. The number of aromatic nitrogens is 2. The van der Waals surface area contributed by atoms with Gasteiger partial charge in [0.05, 0.1) is 6.26 Å². The number of hydrogen-bond acceptors (Lipinski definition) is 3. The summed E-state index contributed by atoms with van der Waals surface area (Å²) >= 11 is 0. The predicted molar refractivity (Wildman–Crippen MR) is 92.0 cm³/mol. The quantitative estimate of drug-likeness (QED) is 0.754. The van der Waals surface area contributed by atoms with Crippen molar-refractivity contribution in [1.82, 2.24) is 15.1 Å². The molecule has 0 radical (unpaired) electrons. The number of carbonyl (C=O) groups is 1. The maximum absolute atomic E-state index is 12.2. The molecule has 124 valence electrons. The van der Waals surface area contributed by atoms with Crippen molar-refractivity contribution in [3.05, 3.63) is 71.9 Å². The molecule has 0 aliphatic rings. The van der Waals surface area contributed by atoms with Crippen LogP contribution in [0.3, 0.4) is 0 Å². The van der Waals surface area contributed by atoms with Crippen molar-refractivity contribution in [3.63, 3.8) is 0 Å². The van der Waals surface area contributed by atoms with Crippen molar-refractivity contribution in [1.29, 1.82) is 0 Å². The van der Waals surface area contributed by atoms with Crippen LogP contribution in [-0.4, -0.2) is 22.4 Å². The van der Waals surface area contributed by atoms with E-state index in [9.17, 15) is 4.79 Å². The van der Waals surface area contributed by atoms with Gasteiger partial charge >= 0.3 is 6.03 Å². The van der Waals surface area contributed by atoms with Crippen LogP contribution in [0.25, 0.3) is 0 Å². The first-order valence-corrected chi connectivity index (χ1v) is 7.77. The lowest BCUT2D eigenvalue weighted by Gasteiger charge is -2.16. The lowest BCUT2D eigenvalue weighted by atomic mass is 10.1. The fraction of sp³-hybridized carbons (Fsp3) is 0.222. The number of aryl methyl sites for hydroxylation is 2. The Hall–Kier alpha value is -3.02. The monoisotopic (exact) mass is 324 g/mol. The van der Waals surface area contributed by atoms with Crippen LogP contribution in [0.4, 0.5) is 10.5 Å². The van der Waals surface area contributed by atoms with Gasteiger partial charge in [0.15, 0.2) is 0 Å². The van der Waals surface area contributed by atoms with E-state index in [-0.39, 0.29) is 12.1 Å². The standard InChI is InChI=1S/C18H20N4O2/c1-13-9-14(2)11-15(10-13)21-18(23)19-12-16(17-5-3-8-24-17)22-7-4-6-20-22/h3-11,16H,12H2,1-2H3,(H2,19,21,23). The first-order chi connectivity index (χ1) is 11.6. The molecule has 6 nitrogen and oxygen atoms in total. The highest BCUT2D eigenvalue weighted by molar-refractivity contribution is 5.89. The Labute approximate surface area is 140 Å². The summed E-state index contributed by atoms with van der Waals surface area (Å²) in [5.74, 6) is 0.741. The molecule has 2 N–H and O–H groups in total. The number of amides is 2. The van der Waals surface area contributed by atoms with Gasteiger partial charge in [-0.15, -0.1) is 0 Å². The van der Waals surface area contributed by atoms with E-state index in [4.69, 9.17) is 4.42 Å². The van der Waals surface area contributed by atoms with Crippen LogP contribution in [0.5, 0.6) is 0 Å². The second kappa shape index (κ2) is 7.04. The molecule has 1 unspecified atom stereocenters. The molecule has 1 aromatic carbocycles. The Morgan fingerprint density at radius 1 is 1.25 bits per heavy atom. The first kappa shape index (κ1) is 15.9. The molecule has 0 saturated carbocycles. The van der Waals surface area contributed by atoms with Gasteiger partial charge in [0.25, 0.3) is 0 Å². The summed E-state index contributed by atoms with van der Waals surface area (Å²) in [4.78, 5) is 12.2. The molecular formula is C18H20N4O2. The number of anilines is 1. The van der Waals surface area contributed by atoms with Crippen molar-refractivity contribution in [2.75, 3.05) is 11.9 Å². The van der Waals surface area contributed by atoms with Crippen molar-refractivity contribution in [3.8, 4) is 0 Å². The SMILES string of the molecule is Cc1cc(C)cc(NC(=O)NCC(c2ccco2)n2cccn2)c1. The Balaban J connectivity index is 1.65. The molecule has 1 atom stereocenters. The predicted octanol–water partition coefficient (Wildman–Crippen LogP) is 3.50. The van der Waals surface area contributed by atoms with Gasteiger partial charge in [-0.3, -0.25) is 4.68 Å². The normalized spacial score (nSPS) is 11.9. The van der Waals surface area contributed by atoms with Crippen LogP contribution in [0.2, 0.25) is 0 Å². The average molecular weight is 324 g/mol. The van der Waals surface area contributed by atoms with Crippen molar-refractivity contribution in [2.24, 2.45) is 0 Å². The number of carbonyl (C=O) groups excluding carboxylic acids is 1. The molecule has 0 aliphatic heterocycles. The van der Waals surface area contributed by atoms with Crippen molar-refractivity contribution in [2.45, 2.75) is 19.9 Å². The molecule has 0 fully saturated rings. The Bertz CT molecular complexity index is 740. The molecular weight excluding hydrogens is 304 g/mol. The van der Waals surface area contributed by atoms with Crippen molar-refractivity contribution >= 4 is 11.7 Å². The lowest BCUT2D eigenvalue weighted by molar-refractivity contribution is 0.250. The number of benzene rings is 1. The zero-order valence-electron chi connectivity index (χ0n) is 13.7. The molecule has 2 aromatic heterocycles. The zero-order valence-corrected chi connectivity index (χ0v) is 13.7. The summed E-state index contributed by atoms with van der Waals surface area (Å²) in [7, 11) is 0. The van der Waals surface area contributed by atoms with Gasteiger partial charge in [-0.05, 0) is 55.3 Å². The molecule has 6 heteroatoms. The van der Waals surface area contributed by atoms with Crippen molar-refractivity contribution < 1.29 is 9.21 Å². The number of rotatable bonds is 5. The summed E-state index contributed by atoms with van der Waals surface area (Å²) in [6, 6.07) is 11.0. The topological polar surface area (TPSA) is 72.1 Å². The second-order valence-corrected chi connectivity index (χ2v) is 5.73. The molecule has 0 spiro atoms. The average Bonchev–Trinajstić information content (AvgIpc) is 3.19. The van der Waals surface area contributed by atoms with Crippen LogP contribution >= 0.6 is 0 Å². The third kappa shape index (κ3) is 3.84. The Kier molecular flexibility index (Phi) is 4.65. The lowest BCUT2D eigenvalue weighted by Crippen LogP contribution is -2.34. The fourth-order valence-electron chi connectivity index (χ4n) is 2.68. The maximum Gasteiger partial charge on any atom is 0.319 e. The number of nitrogens with one attached hydrogen (secondary N) is 2. The molecule has 0 aliphatic carbocycles. The summed E-state index contributed by atoms with van der Waals surface area (Å²) < 4.78 is 7.23. The van der Waals surface area contributed by atoms with E-state index in [0.29, 0.717) is 6.54 Å². The van der Waals surface area contributed by atoms with Crippen LogP contribution in [0, 0.1) is 13.8 Å². The summed E-state index contributed by atoms with van der Waals surface area (Å²) in [6.07, 6.45) is 5.16. The van der Waals surface area contributed by atoms with E-state index >= 15 is 0 Å². The molecule has 0 saturated heterocycles. The van der Waals surface area contributed by atoms with E-state index in [2.05, 4.69) is 21.8 Å². The number of furan rings is 1. The van der Waals surface area contributed by atoms with Gasteiger partial charge in [0.1, 0.15) is 11.8 Å². The van der Waals surface area contributed by atoms with Gasteiger partial charge < -0.3 is 15.1 Å². The highest BCUT2D eigenvalue weighted by Crippen LogP contribution is 2.17. The van der Waals surface area contributed by atoms with Gasteiger partial charge in [-0.1, -0.05) is 6.07 Å². The first-order valence-electron chi connectivity index (χ1n) is 7.77. The molecule has 3 rings (SSSR count). The number of urea groups is 1. The molecule has 3 aromatic rings. The fourth-order valence-corrected chi connectivity index (χ4v) is 2.68. The van der Waals surface area contributed by atoms with E-state index in [0.717, 1.165) is 22.6 Å². The molecule has 2 heterocycles. The van der Waals surface area contributed by atoms with Crippen LogP contribution in [0.1, 0.15) is 22.9 Å². The van der Waals surface area contributed by atoms with Crippen LogP contribution in [0.15, 0.2) is 59.5 Å². The maximum atomic E-state index is 12.2. The minimum atomic E-state index is -0.260. The van der Waals surface area contributed by atoms with E-state index in [1.807, 2.05) is 50.4 Å². The third-order valence-corrected chi connectivity index (χ3v) is 3.65. The van der Waals surface area contributed by atoms with E-state index in [1.54, 1.807) is 17.1 Å². The summed E-state index contributed by atoms with van der Waals surface area (Å²) in [5, 5.41) is 9.98. The number of nitrogens with zero attached hydrogens (tertiary/aromatic N) is 2. The summed E-state index contributed by atoms with van der Waals surface area (Å²) in [5.41, 5.74) is 2.99. The highest BCUT2D eigenvalue weighted by Gasteiger charge is 2.18. The van der Waals surface area contributed by atoms with E-state index < -0.39 is 0 Å². The minimum Gasteiger partial charge on any atom is -0.467 e. The van der Waals surface area contributed by atoms with Gasteiger partial charge in [0.2, 0.25) is 0 Å². The summed E-state index contributed by atoms with van der Waals surface area (Å²) in [6.45, 7) is 4.37. The minimum absolute atomic E-state index is 0.194. The third-order valence-electron chi connectivity index (χ3n) is 3.65. The smallest absolute Gasteiger partial charge is 0.319 e. The van der Waals surface area contributed by atoms with Crippen LogP contribution < -0.4 is 10.6 Å². The Morgan fingerprint density at radius 2 is 2.04 bits per heavy atom. The number of hydrogen-bond donors (Lipinski definition) is 2. The van der Waals surface area contributed by atoms with Crippen LogP contribution in [-0.2, 0) is 0 Å². The zero-order chi connectivity index (χ0) is 16.9. The van der Waals surface area contributed by atoms with E-state index in [1.165, 1.54) is 0 Å². The molecule has 0 bridgehead atoms. The molecule has 2 amide bonds. The highest BCUT2D eigenvalue weighted by atomic mass is 16.3. The largest absolute Gasteiger partial charge is 0.467 e. The molecule has 24 heavy (non-hydrogen) atoms.